The van der Waals surface area contributed by atoms with E-state index in [2.05, 4.69) is 16.7 Å². The number of halogens is 1. The molecule has 0 radical (unpaired) electrons. The van der Waals surface area contributed by atoms with Crippen molar-refractivity contribution < 1.29 is 23.9 Å². The highest BCUT2D eigenvalue weighted by Crippen LogP contribution is 2.42. The zero-order valence-corrected chi connectivity index (χ0v) is 21.9. The number of nitrogens with one attached hydrogen (secondary N) is 2. The van der Waals surface area contributed by atoms with Crippen LogP contribution in [0, 0.1) is 31.1 Å². The van der Waals surface area contributed by atoms with Crippen molar-refractivity contribution in [2.45, 2.75) is 26.7 Å². The van der Waals surface area contributed by atoms with E-state index in [1.54, 1.807) is 24.3 Å². The van der Waals surface area contributed by atoms with Crippen LogP contribution >= 0.6 is 23.4 Å². The number of carbonyl (C=O) groups is 3. The number of amides is 2. The highest BCUT2D eigenvalue weighted by Gasteiger charge is 2.44. The number of thioether (sulfide) groups is 1. The first kappa shape index (κ1) is 27.1. The Labute approximate surface area is 219 Å². The summed E-state index contributed by atoms with van der Waals surface area (Å²) in [5, 5.41) is 15.9. The van der Waals surface area contributed by atoms with Crippen molar-refractivity contribution in [2.75, 3.05) is 24.8 Å². The van der Waals surface area contributed by atoms with Gasteiger partial charge < -0.3 is 20.1 Å². The molecule has 0 unspecified atom stereocenters. The van der Waals surface area contributed by atoms with Crippen molar-refractivity contribution in [1.29, 1.82) is 5.26 Å². The molecule has 0 aromatic heterocycles. The molecule has 1 aliphatic rings. The summed E-state index contributed by atoms with van der Waals surface area (Å²) in [5.74, 6) is -3.59. The normalized spacial score (nSPS) is 17.2. The van der Waals surface area contributed by atoms with Gasteiger partial charge in [-0.1, -0.05) is 35.5 Å². The van der Waals surface area contributed by atoms with Gasteiger partial charge in [0.05, 0.1) is 41.2 Å². The van der Waals surface area contributed by atoms with Crippen LogP contribution in [0.2, 0.25) is 5.02 Å². The van der Waals surface area contributed by atoms with E-state index in [1.165, 1.54) is 7.11 Å². The van der Waals surface area contributed by atoms with Crippen LogP contribution in [0.15, 0.2) is 47.0 Å². The first-order valence-electron chi connectivity index (χ1n) is 11.1. The van der Waals surface area contributed by atoms with Crippen molar-refractivity contribution in [1.82, 2.24) is 5.32 Å². The van der Waals surface area contributed by atoms with Crippen LogP contribution in [0.5, 0.6) is 5.75 Å². The Morgan fingerprint density at radius 2 is 1.94 bits per heavy atom. The first-order chi connectivity index (χ1) is 17.2. The van der Waals surface area contributed by atoms with Crippen LogP contribution in [0.25, 0.3) is 0 Å². The zero-order valence-electron chi connectivity index (χ0n) is 20.3. The van der Waals surface area contributed by atoms with Crippen LogP contribution in [0.1, 0.15) is 29.5 Å². The summed E-state index contributed by atoms with van der Waals surface area (Å²) >= 11 is 7.36. The molecule has 188 valence electrons. The smallest absolute Gasteiger partial charge is 0.319 e. The number of hydrogen-bond acceptors (Lipinski definition) is 7. The van der Waals surface area contributed by atoms with Gasteiger partial charge in [-0.25, -0.2) is 0 Å². The van der Waals surface area contributed by atoms with Gasteiger partial charge in [0, 0.05) is 11.6 Å². The lowest BCUT2D eigenvalue weighted by Crippen LogP contribution is -2.44. The second-order valence-corrected chi connectivity index (χ2v) is 9.47. The maximum absolute atomic E-state index is 13.0. The van der Waals surface area contributed by atoms with E-state index in [4.69, 9.17) is 21.1 Å². The van der Waals surface area contributed by atoms with Crippen LogP contribution in [-0.2, 0) is 19.1 Å². The lowest BCUT2D eigenvalue weighted by molar-refractivity contribution is -0.150. The predicted octanol–water partition coefficient (Wildman–Crippen LogP) is 4.47. The number of ether oxygens (including phenoxy) is 2. The number of nitrogens with zero attached hydrogens (tertiary/aromatic N) is 1. The molecule has 1 aliphatic heterocycles. The van der Waals surface area contributed by atoms with Gasteiger partial charge in [-0.05, 0) is 61.7 Å². The predicted molar refractivity (Wildman–Crippen MR) is 139 cm³/mol. The number of esters is 1. The quantitative estimate of drug-likeness (QED) is 0.384. The molecule has 0 saturated heterocycles. The topological polar surface area (TPSA) is 118 Å². The Bertz CT molecular complexity index is 1270. The van der Waals surface area contributed by atoms with Crippen LogP contribution in [-0.4, -0.2) is 37.3 Å². The molecule has 2 amide bonds. The molecule has 10 heteroatoms. The lowest BCUT2D eigenvalue weighted by atomic mass is 9.78. The van der Waals surface area contributed by atoms with Crippen LogP contribution < -0.4 is 15.4 Å². The molecular formula is C26H26ClN3O5S. The van der Waals surface area contributed by atoms with Gasteiger partial charge in [-0.15, -0.1) is 0 Å². The SMILES string of the molecule is CCOc1ccc([C@H]2C(C#N)=C(SCC(=O)Nc3ccc(C)c(C)c3)NC(=O)[C@H]2C(=O)OC)cc1Cl. The number of carbonyl (C=O) groups excluding carboxylic acids is 3. The van der Waals surface area contributed by atoms with Crippen LogP contribution in [0.4, 0.5) is 5.69 Å². The standard InChI is InChI=1S/C26H26ClN3O5S/c1-5-35-20-9-7-16(11-19(20)27)22-18(12-28)25(30-24(32)23(22)26(33)34-4)36-13-21(31)29-17-8-6-14(2)15(3)10-17/h6-11,22-23H,5,13H2,1-4H3,(H,29,31)(H,30,32)/t22-,23-/m0/s1. The fourth-order valence-corrected chi connectivity index (χ4v) is 4.91. The van der Waals surface area contributed by atoms with Gasteiger partial charge in [0.1, 0.15) is 11.7 Å². The molecule has 3 rings (SSSR count). The van der Waals surface area contributed by atoms with Crippen molar-refractivity contribution >= 4 is 46.8 Å². The summed E-state index contributed by atoms with van der Waals surface area (Å²) in [7, 11) is 1.18. The molecule has 0 spiro atoms. The van der Waals surface area contributed by atoms with E-state index in [-0.39, 0.29) is 27.3 Å². The third-order valence-corrected chi connectivity index (χ3v) is 7.05. The van der Waals surface area contributed by atoms with Crippen molar-refractivity contribution in [3.05, 3.63) is 68.7 Å². The fourth-order valence-electron chi connectivity index (χ4n) is 3.82. The molecular weight excluding hydrogens is 502 g/mol. The molecule has 2 aromatic carbocycles. The summed E-state index contributed by atoms with van der Waals surface area (Å²) < 4.78 is 10.3. The number of nitriles is 1. The minimum atomic E-state index is -1.30. The summed E-state index contributed by atoms with van der Waals surface area (Å²) in [5.41, 5.74) is 3.41. The molecule has 1 heterocycles. The summed E-state index contributed by atoms with van der Waals surface area (Å²) in [6, 6.07) is 12.5. The van der Waals surface area contributed by atoms with Gasteiger partial charge in [0.15, 0.2) is 0 Å². The minimum Gasteiger partial charge on any atom is -0.492 e. The van der Waals surface area contributed by atoms with Gasteiger partial charge in [0.25, 0.3) is 0 Å². The van der Waals surface area contributed by atoms with E-state index >= 15 is 0 Å². The highest BCUT2D eigenvalue weighted by atomic mass is 35.5. The molecule has 2 N–H and O–H groups in total. The Kier molecular flexibility index (Phi) is 9.02. The Hall–Kier alpha value is -3.48. The molecule has 0 aliphatic carbocycles. The molecule has 8 nitrogen and oxygen atoms in total. The molecule has 2 aromatic rings. The first-order valence-corrected chi connectivity index (χ1v) is 12.5. The molecule has 0 fully saturated rings. The third-order valence-electron chi connectivity index (χ3n) is 5.74. The van der Waals surface area contributed by atoms with Gasteiger partial charge in [-0.3, -0.25) is 14.4 Å². The summed E-state index contributed by atoms with van der Waals surface area (Å²) in [4.78, 5) is 38.1. The average molecular weight is 528 g/mol. The average Bonchev–Trinajstić information content (AvgIpc) is 2.85. The van der Waals surface area contributed by atoms with Crippen molar-refractivity contribution in [2.24, 2.45) is 5.92 Å². The maximum atomic E-state index is 13.0. The highest BCUT2D eigenvalue weighted by molar-refractivity contribution is 8.03. The number of hydrogen-bond donors (Lipinski definition) is 2. The fraction of sp³-hybridized carbons (Fsp3) is 0.308. The molecule has 36 heavy (non-hydrogen) atoms. The zero-order chi connectivity index (χ0) is 26.4. The van der Waals surface area contributed by atoms with Crippen molar-refractivity contribution in [3.63, 3.8) is 0 Å². The monoisotopic (exact) mass is 527 g/mol. The van der Waals surface area contributed by atoms with E-state index in [1.807, 2.05) is 32.9 Å². The van der Waals surface area contributed by atoms with Gasteiger partial charge in [-0.2, -0.15) is 5.26 Å². The summed E-state index contributed by atoms with van der Waals surface area (Å²) in [6.07, 6.45) is 0. The third kappa shape index (κ3) is 6.01. The van der Waals surface area contributed by atoms with Gasteiger partial charge >= 0.3 is 5.97 Å². The lowest BCUT2D eigenvalue weighted by Gasteiger charge is -2.31. The maximum Gasteiger partial charge on any atom is 0.319 e. The van der Waals surface area contributed by atoms with E-state index < -0.39 is 23.7 Å². The Balaban J connectivity index is 1.91. The molecule has 0 saturated carbocycles. The van der Waals surface area contributed by atoms with Gasteiger partial charge in [0.2, 0.25) is 11.8 Å². The largest absolute Gasteiger partial charge is 0.492 e. The Morgan fingerprint density at radius 3 is 2.56 bits per heavy atom. The second-order valence-electron chi connectivity index (χ2n) is 8.08. The van der Waals surface area contributed by atoms with E-state index in [0.29, 0.717) is 23.6 Å². The van der Waals surface area contributed by atoms with E-state index in [0.717, 1.165) is 22.9 Å². The number of benzene rings is 2. The number of aryl methyl sites for hydroxylation is 2. The van der Waals surface area contributed by atoms with E-state index in [9.17, 15) is 19.6 Å². The van der Waals surface area contributed by atoms with Crippen LogP contribution in [0.3, 0.4) is 0 Å². The molecule has 0 bridgehead atoms. The number of methoxy groups -OCH3 is 1. The molecule has 2 atom stereocenters. The Morgan fingerprint density at radius 1 is 1.19 bits per heavy atom. The summed E-state index contributed by atoms with van der Waals surface area (Å²) in [6.45, 7) is 6.16. The van der Waals surface area contributed by atoms with Crippen molar-refractivity contribution in [3.8, 4) is 11.8 Å². The number of rotatable bonds is 8. The number of anilines is 1. The number of allylic oxidation sites excluding steroid dienone is 1. The second kappa shape index (κ2) is 12.0. The minimum absolute atomic E-state index is 0.0621.